The first-order valence-electron chi connectivity index (χ1n) is 13.8. The van der Waals surface area contributed by atoms with Gasteiger partial charge >= 0.3 is 0 Å². The summed E-state index contributed by atoms with van der Waals surface area (Å²) in [7, 11) is 1.72. The van der Waals surface area contributed by atoms with Gasteiger partial charge in [-0.2, -0.15) is 4.39 Å². The van der Waals surface area contributed by atoms with E-state index in [1.807, 2.05) is 12.1 Å². The molecule has 0 spiro atoms. The van der Waals surface area contributed by atoms with Crippen LogP contribution < -0.4 is 4.74 Å². The molecular weight excluding hydrogens is 480 g/mol. The molecule has 0 heterocycles. The molecule has 3 aromatic rings. The third kappa shape index (κ3) is 5.48. The molecule has 1 fully saturated rings. The van der Waals surface area contributed by atoms with Crippen LogP contribution in [0.25, 0.3) is 27.8 Å². The topological polar surface area (TPSA) is 9.23 Å². The summed E-state index contributed by atoms with van der Waals surface area (Å²) in [5, 5.41) is 0. The monoisotopic (exact) mass is 514 g/mol. The smallest absolute Gasteiger partial charge is 0.201 e. The van der Waals surface area contributed by atoms with Crippen molar-refractivity contribution in [1.29, 1.82) is 0 Å². The summed E-state index contributed by atoms with van der Waals surface area (Å²) in [6, 6.07) is 15.2. The van der Waals surface area contributed by atoms with Gasteiger partial charge in [0.05, 0.1) is 6.51 Å². The molecule has 1 nitrogen and oxygen atoms in total. The third-order valence-corrected chi connectivity index (χ3v) is 8.46. The van der Waals surface area contributed by atoms with Crippen molar-refractivity contribution in [3.63, 3.8) is 0 Å². The molecule has 3 aromatic carbocycles. The normalized spacial score (nSPS) is 21.6. The molecule has 1 atom stereocenters. The Hall–Kier alpha value is -3.21. The molecule has 0 bridgehead atoms. The molecule has 196 valence electrons. The lowest BCUT2D eigenvalue weighted by molar-refractivity contribution is 0.212. The van der Waals surface area contributed by atoms with E-state index < -0.39 is 11.6 Å². The SMILES string of the molecule is BCOc1ccc(-c2ccc(-c3ccc(C4=CCC(C5CCC(C=C)CC5)CC4)cc3F)cc2)c(F)c1F. The fourth-order valence-electron chi connectivity index (χ4n) is 6.20. The molecule has 0 radical (unpaired) electrons. The minimum Gasteiger partial charge on any atom is -0.500 e. The van der Waals surface area contributed by atoms with E-state index in [0.29, 0.717) is 22.6 Å². The standard InChI is InChI=1S/C33H34BF3O/c1-2-21-3-5-22(6-4-21)23-7-9-24(10-8-23)27-15-16-28(30(35)19-27)25-11-13-26(14-12-25)29-17-18-31(38-20-34)33(37)32(29)36/h2,9,11-19,21-23H,1,3-8,10,20,34H2. The van der Waals surface area contributed by atoms with E-state index in [9.17, 15) is 8.78 Å². The highest BCUT2D eigenvalue weighted by molar-refractivity contribution is 6.08. The summed E-state index contributed by atoms with van der Waals surface area (Å²) in [6.07, 6.45) is 12.8. The Labute approximate surface area is 224 Å². The zero-order chi connectivity index (χ0) is 26.6. The molecule has 0 aromatic heterocycles. The second-order valence-electron chi connectivity index (χ2n) is 10.6. The lowest BCUT2D eigenvalue weighted by Gasteiger charge is -2.34. The number of hydrogen-bond donors (Lipinski definition) is 0. The summed E-state index contributed by atoms with van der Waals surface area (Å²) < 4.78 is 49.3. The van der Waals surface area contributed by atoms with E-state index in [-0.39, 0.29) is 23.6 Å². The lowest BCUT2D eigenvalue weighted by atomic mass is 9.71. The first kappa shape index (κ1) is 26.4. The van der Waals surface area contributed by atoms with Crippen molar-refractivity contribution in [3.8, 4) is 28.0 Å². The molecule has 2 aliphatic carbocycles. The second-order valence-corrected chi connectivity index (χ2v) is 10.6. The van der Waals surface area contributed by atoms with Crippen molar-refractivity contribution >= 4 is 13.4 Å². The molecular formula is C33H34BF3O. The quantitative estimate of drug-likeness (QED) is 0.227. The van der Waals surface area contributed by atoms with Gasteiger partial charge in [0.1, 0.15) is 5.82 Å². The fourth-order valence-corrected chi connectivity index (χ4v) is 6.20. The van der Waals surface area contributed by atoms with Gasteiger partial charge in [-0.25, -0.2) is 8.78 Å². The molecule has 0 N–H and O–H groups in total. The van der Waals surface area contributed by atoms with Crippen LogP contribution in [0.4, 0.5) is 13.2 Å². The van der Waals surface area contributed by atoms with Crippen molar-refractivity contribution in [1.82, 2.24) is 0 Å². The third-order valence-electron chi connectivity index (χ3n) is 8.46. The van der Waals surface area contributed by atoms with Crippen LogP contribution in [0.3, 0.4) is 0 Å². The van der Waals surface area contributed by atoms with E-state index in [2.05, 4.69) is 18.7 Å². The van der Waals surface area contributed by atoms with Gasteiger partial charge in [-0.15, -0.1) is 6.58 Å². The Morgan fingerprint density at radius 2 is 1.45 bits per heavy atom. The van der Waals surface area contributed by atoms with Gasteiger partial charge in [0.25, 0.3) is 0 Å². The number of rotatable bonds is 7. The van der Waals surface area contributed by atoms with Crippen LogP contribution in [0.15, 0.2) is 73.3 Å². The van der Waals surface area contributed by atoms with E-state index in [1.54, 1.807) is 38.2 Å². The molecule has 5 heteroatoms. The van der Waals surface area contributed by atoms with E-state index in [0.717, 1.165) is 30.2 Å². The summed E-state index contributed by atoms with van der Waals surface area (Å²) in [4.78, 5) is 0. The first-order chi connectivity index (χ1) is 18.5. The highest BCUT2D eigenvalue weighted by atomic mass is 19.2. The van der Waals surface area contributed by atoms with Crippen molar-refractivity contribution in [2.75, 3.05) is 6.51 Å². The maximum atomic E-state index is 15.2. The Balaban J connectivity index is 1.28. The van der Waals surface area contributed by atoms with Gasteiger partial charge in [-0.3, -0.25) is 0 Å². The Kier molecular flexibility index (Phi) is 8.11. The average molecular weight is 514 g/mol. The predicted molar refractivity (Wildman–Crippen MR) is 152 cm³/mol. The van der Waals surface area contributed by atoms with Crippen molar-refractivity contribution in [3.05, 3.63) is 96.3 Å². The number of hydrogen-bond acceptors (Lipinski definition) is 1. The summed E-state index contributed by atoms with van der Waals surface area (Å²) in [5.74, 6) is -0.106. The molecule has 38 heavy (non-hydrogen) atoms. The van der Waals surface area contributed by atoms with Crippen LogP contribution in [0, 0.1) is 35.2 Å². The average Bonchev–Trinajstić information content (AvgIpc) is 2.96. The minimum atomic E-state index is -1.00. The number of halogens is 3. The molecule has 0 amide bonds. The molecule has 2 aliphatic rings. The Bertz CT molecular complexity index is 1320. The molecule has 1 saturated carbocycles. The van der Waals surface area contributed by atoms with Crippen LogP contribution in [-0.2, 0) is 0 Å². The van der Waals surface area contributed by atoms with E-state index >= 15 is 4.39 Å². The van der Waals surface area contributed by atoms with Crippen molar-refractivity contribution in [2.45, 2.75) is 44.9 Å². The molecule has 0 aliphatic heterocycles. The van der Waals surface area contributed by atoms with Crippen LogP contribution in [0.2, 0.25) is 0 Å². The van der Waals surface area contributed by atoms with Crippen LogP contribution in [-0.4, -0.2) is 14.4 Å². The summed E-state index contributed by atoms with van der Waals surface area (Å²) >= 11 is 0. The highest BCUT2D eigenvalue weighted by Gasteiger charge is 2.28. The first-order valence-corrected chi connectivity index (χ1v) is 13.8. The molecule has 5 rings (SSSR count). The van der Waals surface area contributed by atoms with Crippen molar-refractivity contribution < 1.29 is 17.9 Å². The van der Waals surface area contributed by atoms with Crippen LogP contribution >= 0.6 is 0 Å². The van der Waals surface area contributed by atoms with Gasteiger partial charge in [0.15, 0.2) is 19.4 Å². The molecule has 0 saturated heterocycles. The van der Waals surface area contributed by atoms with Gasteiger partial charge in [0.2, 0.25) is 5.82 Å². The number of benzene rings is 3. The second kappa shape index (κ2) is 11.7. The Morgan fingerprint density at radius 1 is 0.789 bits per heavy atom. The summed E-state index contributed by atoms with van der Waals surface area (Å²) in [6.45, 7) is 4.21. The van der Waals surface area contributed by atoms with Gasteiger partial charge < -0.3 is 4.74 Å². The Morgan fingerprint density at radius 3 is 2.05 bits per heavy atom. The number of ether oxygens (including phenoxy) is 1. The number of allylic oxidation sites excluding steroid dienone is 3. The largest absolute Gasteiger partial charge is 0.500 e. The highest BCUT2D eigenvalue weighted by Crippen LogP contribution is 2.42. The van der Waals surface area contributed by atoms with E-state index in [4.69, 9.17) is 4.74 Å². The zero-order valence-corrected chi connectivity index (χ0v) is 22.0. The maximum absolute atomic E-state index is 15.2. The lowest BCUT2D eigenvalue weighted by Crippen LogP contribution is -2.22. The van der Waals surface area contributed by atoms with Crippen molar-refractivity contribution in [2.24, 2.45) is 17.8 Å². The van der Waals surface area contributed by atoms with Crippen LogP contribution in [0.5, 0.6) is 5.75 Å². The molecule has 1 unspecified atom stereocenters. The van der Waals surface area contributed by atoms with Gasteiger partial charge in [-0.1, -0.05) is 48.6 Å². The van der Waals surface area contributed by atoms with Gasteiger partial charge in [0, 0.05) is 11.1 Å². The van der Waals surface area contributed by atoms with Crippen LogP contribution in [0.1, 0.15) is 50.5 Å². The zero-order valence-electron chi connectivity index (χ0n) is 22.0. The maximum Gasteiger partial charge on any atom is 0.201 e. The summed E-state index contributed by atoms with van der Waals surface area (Å²) in [5.41, 5.74) is 4.03. The predicted octanol–water partition coefficient (Wildman–Crippen LogP) is 8.58. The van der Waals surface area contributed by atoms with Gasteiger partial charge in [-0.05, 0) is 103 Å². The van der Waals surface area contributed by atoms with E-state index in [1.165, 1.54) is 49.8 Å². The fraction of sp³-hybridized carbons (Fsp3) is 0.333. The minimum absolute atomic E-state index is 0.105.